The molecule has 2 saturated heterocycles. The number of carbonyl (C=O) groups is 2. The molecule has 0 unspecified atom stereocenters. The summed E-state index contributed by atoms with van der Waals surface area (Å²) in [5.41, 5.74) is 0.226. The second kappa shape index (κ2) is 7.56. The molecule has 27 heavy (non-hydrogen) atoms. The van der Waals surface area contributed by atoms with E-state index in [2.05, 4.69) is 11.1 Å². The zero-order chi connectivity index (χ0) is 18.9. The molecule has 0 bridgehead atoms. The van der Waals surface area contributed by atoms with Crippen LogP contribution in [0.2, 0.25) is 0 Å². The van der Waals surface area contributed by atoms with E-state index in [9.17, 15) is 14.7 Å². The fourth-order valence-corrected chi connectivity index (χ4v) is 5.24. The van der Waals surface area contributed by atoms with Gasteiger partial charge >= 0.3 is 5.97 Å². The first kappa shape index (κ1) is 18.4. The molecule has 7 heteroatoms. The Morgan fingerprint density at radius 1 is 1.33 bits per heavy atom. The number of carboxylic acid groups (broad SMARTS) is 1. The summed E-state index contributed by atoms with van der Waals surface area (Å²) in [6, 6.07) is 8.11. The first-order valence-electron chi connectivity index (χ1n) is 9.52. The Balaban J connectivity index is 1.28. The molecule has 2 fully saturated rings. The Labute approximate surface area is 162 Å². The lowest BCUT2D eigenvalue weighted by Crippen LogP contribution is -2.45. The molecule has 2 atom stereocenters. The number of likely N-dealkylation sites (tertiary alicyclic amines) is 1. The summed E-state index contributed by atoms with van der Waals surface area (Å²) in [4.78, 5) is 30.8. The van der Waals surface area contributed by atoms with Crippen LogP contribution in [0.1, 0.15) is 30.7 Å². The zero-order valence-electron chi connectivity index (χ0n) is 15.2. The average molecular weight is 388 g/mol. The van der Waals surface area contributed by atoms with Gasteiger partial charge in [-0.1, -0.05) is 12.1 Å². The first-order chi connectivity index (χ1) is 13.1. The number of aliphatic carboxylic acids is 1. The Hall–Kier alpha value is -1.99. The van der Waals surface area contributed by atoms with Gasteiger partial charge in [0, 0.05) is 32.0 Å². The van der Waals surface area contributed by atoms with Crippen LogP contribution in [0.3, 0.4) is 0 Å². The largest absolute Gasteiger partial charge is 0.481 e. The van der Waals surface area contributed by atoms with Crippen LogP contribution in [0.25, 0.3) is 10.2 Å². The number of unbranched alkanes of at least 4 members (excludes halogenated alkanes) is 1. The van der Waals surface area contributed by atoms with Crippen LogP contribution in [-0.2, 0) is 20.7 Å². The van der Waals surface area contributed by atoms with Gasteiger partial charge in [-0.2, -0.15) is 0 Å². The molecule has 2 aromatic rings. The Morgan fingerprint density at radius 2 is 2.19 bits per heavy atom. The molecule has 0 spiro atoms. The van der Waals surface area contributed by atoms with Crippen molar-refractivity contribution < 1.29 is 19.4 Å². The van der Waals surface area contributed by atoms with Crippen molar-refractivity contribution >= 4 is 33.4 Å². The van der Waals surface area contributed by atoms with E-state index in [1.807, 2.05) is 18.2 Å². The highest BCUT2D eigenvalue weighted by atomic mass is 32.1. The number of fused-ring (bicyclic) bond motifs is 2. The number of nitrogens with zero attached hydrogens (tertiary/aromatic N) is 2. The second-order valence-electron chi connectivity index (χ2n) is 7.54. The van der Waals surface area contributed by atoms with Crippen LogP contribution in [0.15, 0.2) is 24.3 Å². The minimum atomic E-state index is -0.811. The predicted octanol–water partition coefficient (Wildman–Crippen LogP) is 2.96. The van der Waals surface area contributed by atoms with Gasteiger partial charge in [0.1, 0.15) is 0 Å². The summed E-state index contributed by atoms with van der Waals surface area (Å²) in [5.74, 6) is -0.813. The number of benzene rings is 1. The Kier molecular flexibility index (Phi) is 5.14. The number of aryl methyl sites for hydroxylation is 1. The van der Waals surface area contributed by atoms with Crippen molar-refractivity contribution in [2.75, 3.05) is 26.3 Å². The highest BCUT2D eigenvalue weighted by Gasteiger charge is 2.54. The normalized spacial score (nSPS) is 24.9. The molecule has 1 aromatic heterocycles. The van der Waals surface area contributed by atoms with Gasteiger partial charge in [0.05, 0.1) is 27.2 Å². The lowest BCUT2D eigenvalue weighted by Gasteiger charge is -2.33. The number of para-hydroxylation sites is 1. The third-order valence-electron chi connectivity index (χ3n) is 5.85. The number of thiazole rings is 1. The highest BCUT2D eigenvalue weighted by molar-refractivity contribution is 7.18. The molecule has 4 rings (SSSR count). The van der Waals surface area contributed by atoms with Crippen LogP contribution < -0.4 is 0 Å². The van der Waals surface area contributed by atoms with Gasteiger partial charge in [0.25, 0.3) is 0 Å². The predicted molar refractivity (Wildman–Crippen MR) is 103 cm³/mol. The fourth-order valence-electron chi connectivity index (χ4n) is 4.23. The van der Waals surface area contributed by atoms with Gasteiger partial charge in [-0.25, -0.2) is 4.98 Å². The summed E-state index contributed by atoms with van der Waals surface area (Å²) in [7, 11) is 0. The Bertz CT molecular complexity index is 818. The molecule has 1 amide bonds. The quantitative estimate of drug-likeness (QED) is 0.770. The molecule has 0 aliphatic carbocycles. The smallest absolute Gasteiger partial charge is 0.311 e. The molecule has 2 aliphatic heterocycles. The van der Waals surface area contributed by atoms with E-state index >= 15 is 0 Å². The molecular formula is C20H24N2O4S. The van der Waals surface area contributed by atoms with Crippen molar-refractivity contribution in [2.45, 2.75) is 32.1 Å². The fraction of sp³-hybridized carbons (Fsp3) is 0.550. The molecule has 144 valence electrons. The van der Waals surface area contributed by atoms with Crippen LogP contribution in [0.5, 0.6) is 0 Å². The first-order valence-corrected chi connectivity index (χ1v) is 10.3. The number of hydrogen-bond acceptors (Lipinski definition) is 5. The van der Waals surface area contributed by atoms with Crippen LogP contribution in [-0.4, -0.2) is 53.2 Å². The van der Waals surface area contributed by atoms with Gasteiger partial charge in [-0.3, -0.25) is 9.59 Å². The molecule has 3 heterocycles. The second-order valence-corrected chi connectivity index (χ2v) is 8.66. The maximum atomic E-state index is 12.6. The van der Waals surface area contributed by atoms with Gasteiger partial charge in [-0.05, 0) is 37.8 Å². The molecule has 6 nitrogen and oxygen atoms in total. The van der Waals surface area contributed by atoms with E-state index in [0.29, 0.717) is 39.1 Å². The van der Waals surface area contributed by atoms with Crippen molar-refractivity contribution in [3.05, 3.63) is 29.3 Å². The highest BCUT2D eigenvalue weighted by Crippen LogP contribution is 2.42. The number of carbonyl (C=O) groups excluding carboxylic acids is 1. The lowest BCUT2D eigenvalue weighted by molar-refractivity contribution is -0.157. The number of rotatable bonds is 6. The van der Waals surface area contributed by atoms with E-state index in [1.54, 1.807) is 16.2 Å². The maximum absolute atomic E-state index is 12.6. The summed E-state index contributed by atoms with van der Waals surface area (Å²) >= 11 is 1.71. The summed E-state index contributed by atoms with van der Waals surface area (Å²) < 4.78 is 6.65. The van der Waals surface area contributed by atoms with E-state index in [1.165, 1.54) is 4.70 Å². The number of aromatic nitrogens is 1. The third-order valence-corrected chi connectivity index (χ3v) is 6.95. The summed E-state index contributed by atoms with van der Waals surface area (Å²) in [5, 5.41) is 10.8. The van der Waals surface area contributed by atoms with Crippen molar-refractivity contribution in [3.63, 3.8) is 0 Å². The van der Waals surface area contributed by atoms with E-state index in [-0.39, 0.29) is 11.8 Å². The maximum Gasteiger partial charge on any atom is 0.311 e. The van der Waals surface area contributed by atoms with Crippen LogP contribution >= 0.6 is 11.3 Å². The molecular weight excluding hydrogens is 364 g/mol. The lowest BCUT2D eigenvalue weighted by atomic mass is 9.74. The van der Waals surface area contributed by atoms with Crippen LogP contribution in [0, 0.1) is 11.3 Å². The van der Waals surface area contributed by atoms with Gasteiger partial charge in [0.15, 0.2) is 0 Å². The molecule has 1 N–H and O–H groups in total. The number of carboxylic acids is 1. The van der Waals surface area contributed by atoms with Crippen LogP contribution in [0.4, 0.5) is 0 Å². The van der Waals surface area contributed by atoms with Gasteiger partial charge in [-0.15, -0.1) is 11.3 Å². The topological polar surface area (TPSA) is 79.7 Å². The molecule has 1 aromatic carbocycles. The minimum absolute atomic E-state index is 0.0642. The average Bonchev–Trinajstić information content (AvgIpc) is 3.26. The van der Waals surface area contributed by atoms with Crippen molar-refractivity contribution in [1.29, 1.82) is 0 Å². The van der Waals surface area contributed by atoms with Crippen molar-refractivity contribution in [1.82, 2.24) is 9.88 Å². The van der Waals surface area contributed by atoms with Gasteiger partial charge in [0.2, 0.25) is 5.91 Å². The molecule has 0 radical (unpaired) electrons. The number of hydrogen-bond donors (Lipinski definition) is 1. The standard InChI is InChI=1S/C20H24N2O4S/c23-18(22-11-14-12-26-10-9-20(14,13-22)19(24)25)8-4-3-7-17-21-15-5-1-2-6-16(15)27-17/h1-2,5-6,14H,3-4,7-13H2,(H,24,25)/t14-,20+/m0/s1. The van der Waals surface area contributed by atoms with Gasteiger partial charge < -0.3 is 14.7 Å². The molecule has 2 aliphatic rings. The SMILES string of the molecule is O=C(CCCCc1nc2ccccc2s1)N1C[C@H]2COCC[C@@]2(C(=O)O)C1. The van der Waals surface area contributed by atoms with E-state index < -0.39 is 11.4 Å². The number of amides is 1. The molecule has 0 saturated carbocycles. The minimum Gasteiger partial charge on any atom is -0.481 e. The van der Waals surface area contributed by atoms with Crippen molar-refractivity contribution in [2.24, 2.45) is 11.3 Å². The monoisotopic (exact) mass is 388 g/mol. The van der Waals surface area contributed by atoms with E-state index in [4.69, 9.17) is 4.74 Å². The summed E-state index contributed by atoms with van der Waals surface area (Å²) in [6.07, 6.45) is 3.55. The van der Waals surface area contributed by atoms with E-state index in [0.717, 1.165) is 29.8 Å². The Morgan fingerprint density at radius 3 is 2.96 bits per heavy atom. The number of ether oxygens (including phenoxy) is 1. The zero-order valence-corrected chi connectivity index (χ0v) is 16.0. The summed E-state index contributed by atoms with van der Waals surface area (Å²) in [6.45, 7) is 1.73. The third kappa shape index (κ3) is 3.58. The van der Waals surface area contributed by atoms with Crippen molar-refractivity contribution in [3.8, 4) is 0 Å².